The number of carbonyl (C=O) groups is 1. The standard InChI is InChI=1S/C18H22N2O/c1-14(13-15-7-3-2-4-8-15)20-18(21)12-11-16-9-5-6-10-17(16)19/h2-10,14H,11-13,19H2,1H3,(H,20,21). The molecule has 2 rings (SSSR count). The van der Waals surface area contributed by atoms with E-state index in [4.69, 9.17) is 5.73 Å². The molecule has 0 saturated heterocycles. The van der Waals surface area contributed by atoms with E-state index >= 15 is 0 Å². The van der Waals surface area contributed by atoms with Gasteiger partial charge < -0.3 is 11.1 Å². The Labute approximate surface area is 126 Å². The number of nitrogens with one attached hydrogen (secondary N) is 1. The lowest BCUT2D eigenvalue weighted by molar-refractivity contribution is -0.121. The molecule has 0 aliphatic carbocycles. The smallest absolute Gasteiger partial charge is 0.220 e. The van der Waals surface area contributed by atoms with Gasteiger partial charge in [-0.05, 0) is 37.0 Å². The predicted molar refractivity (Wildman–Crippen MR) is 86.9 cm³/mol. The van der Waals surface area contributed by atoms with Crippen LogP contribution in [0.3, 0.4) is 0 Å². The van der Waals surface area contributed by atoms with E-state index in [-0.39, 0.29) is 11.9 Å². The molecule has 0 fully saturated rings. The lowest BCUT2D eigenvalue weighted by Gasteiger charge is -2.14. The van der Waals surface area contributed by atoms with Gasteiger partial charge in [-0.2, -0.15) is 0 Å². The fraction of sp³-hybridized carbons (Fsp3) is 0.278. The maximum atomic E-state index is 12.0. The summed E-state index contributed by atoms with van der Waals surface area (Å²) in [6.45, 7) is 2.03. The third kappa shape index (κ3) is 4.95. The average Bonchev–Trinajstić information content (AvgIpc) is 2.47. The zero-order valence-corrected chi connectivity index (χ0v) is 12.4. The van der Waals surface area contributed by atoms with Crippen molar-refractivity contribution in [1.29, 1.82) is 0 Å². The molecule has 0 spiro atoms. The van der Waals surface area contributed by atoms with Crippen molar-refractivity contribution in [3.05, 3.63) is 65.7 Å². The number of aryl methyl sites for hydroxylation is 1. The first-order chi connectivity index (χ1) is 10.1. The van der Waals surface area contributed by atoms with Crippen LogP contribution in [-0.4, -0.2) is 11.9 Å². The van der Waals surface area contributed by atoms with Gasteiger partial charge in [0.25, 0.3) is 0 Å². The van der Waals surface area contributed by atoms with Gasteiger partial charge in [-0.3, -0.25) is 4.79 Å². The zero-order chi connectivity index (χ0) is 15.1. The number of amides is 1. The first-order valence-corrected chi connectivity index (χ1v) is 7.32. The number of nitrogens with two attached hydrogens (primary N) is 1. The second-order valence-electron chi connectivity index (χ2n) is 5.36. The SMILES string of the molecule is CC(Cc1ccccc1)NC(=O)CCc1ccccc1N. The van der Waals surface area contributed by atoms with Gasteiger partial charge in [0, 0.05) is 18.2 Å². The molecule has 3 nitrogen and oxygen atoms in total. The molecule has 0 aliphatic heterocycles. The van der Waals surface area contributed by atoms with E-state index in [0.29, 0.717) is 12.8 Å². The highest BCUT2D eigenvalue weighted by molar-refractivity contribution is 5.76. The van der Waals surface area contributed by atoms with Gasteiger partial charge in [0.1, 0.15) is 0 Å². The molecule has 1 unspecified atom stereocenters. The fourth-order valence-electron chi connectivity index (χ4n) is 2.38. The molecule has 1 amide bonds. The summed E-state index contributed by atoms with van der Waals surface area (Å²) < 4.78 is 0. The Morgan fingerprint density at radius 1 is 1.10 bits per heavy atom. The molecule has 0 aromatic heterocycles. The van der Waals surface area contributed by atoms with E-state index in [0.717, 1.165) is 17.7 Å². The number of hydrogen-bond donors (Lipinski definition) is 2. The lowest BCUT2D eigenvalue weighted by atomic mass is 10.1. The van der Waals surface area contributed by atoms with Crippen molar-refractivity contribution in [2.24, 2.45) is 0 Å². The average molecular weight is 282 g/mol. The molecule has 1 atom stereocenters. The van der Waals surface area contributed by atoms with Gasteiger partial charge in [-0.15, -0.1) is 0 Å². The Morgan fingerprint density at radius 3 is 2.48 bits per heavy atom. The van der Waals surface area contributed by atoms with Gasteiger partial charge in [0.05, 0.1) is 0 Å². The summed E-state index contributed by atoms with van der Waals surface area (Å²) in [6.07, 6.45) is 1.99. The summed E-state index contributed by atoms with van der Waals surface area (Å²) in [5, 5.41) is 3.04. The van der Waals surface area contributed by atoms with Gasteiger partial charge >= 0.3 is 0 Å². The maximum Gasteiger partial charge on any atom is 0.220 e. The van der Waals surface area contributed by atoms with Crippen molar-refractivity contribution in [3.8, 4) is 0 Å². The molecule has 3 heteroatoms. The summed E-state index contributed by atoms with van der Waals surface area (Å²) in [5.74, 6) is 0.0710. The van der Waals surface area contributed by atoms with E-state index in [1.54, 1.807) is 0 Å². The van der Waals surface area contributed by atoms with Crippen LogP contribution in [0.1, 0.15) is 24.5 Å². The summed E-state index contributed by atoms with van der Waals surface area (Å²) in [6, 6.07) is 18.0. The Balaban J connectivity index is 1.78. The van der Waals surface area contributed by atoms with Crippen molar-refractivity contribution < 1.29 is 4.79 Å². The molecular formula is C18H22N2O. The quantitative estimate of drug-likeness (QED) is 0.800. The van der Waals surface area contributed by atoms with Crippen LogP contribution in [0, 0.1) is 0 Å². The monoisotopic (exact) mass is 282 g/mol. The molecule has 3 N–H and O–H groups in total. The van der Waals surface area contributed by atoms with E-state index in [9.17, 15) is 4.79 Å². The fourth-order valence-corrected chi connectivity index (χ4v) is 2.38. The minimum Gasteiger partial charge on any atom is -0.399 e. The number of carbonyl (C=O) groups excluding carboxylic acids is 1. The first kappa shape index (κ1) is 15.1. The molecule has 0 aliphatic rings. The summed E-state index contributed by atoms with van der Waals surface area (Å²) >= 11 is 0. The Kier molecular flexibility index (Phi) is 5.38. The van der Waals surface area contributed by atoms with Crippen molar-refractivity contribution in [2.75, 3.05) is 5.73 Å². The highest BCUT2D eigenvalue weighted by atomic mass is 16.1. The highest BCUT2D eigenvalue weighted by Gasteiger charge is 2.09. The predicted octanol–water partition coefficient (Wildman–Crippen LogP) is 2.95. The van der Waals surface area contributed by atoms with E-state index < -0.39 is 0 Å². The number of benzene rings is 2. The minimum absolute atomic E-state index is 0.0710. The summed E-state index contributed by atoms with van der Waals surface area (Å²) in [4.78, 5) is 12.0. The third-order valence-electron chi connectivity index (χ3n) is 3.47. The second-order valence-corrected chi connectivity index (χ2v) is 5.36. The van der Waals surface area contributed by atoms with Gasteiger partial charge in [-0.1, -0.05) is 48.5 Å². The van der Waals surface area contributed by atoms with E-state index in [1.165, 1.54) is 5.56 Å². The van der Waals surface area contributed by atoms with Gasteiger partial charge in [0.2, 0.25) is 5.91 Å². The highest BCUT2D eigenvalue weighted by Crippen LogP contribution is 2.12. The lowest BCUT2D eigenvalue weighted by Crippen LogP contribution is -2.34. The van der Waals surface area contributed by atoms with Crippen LogP contribution in [0.25, 0.3) is 0 Å². The van der Waals surface area contributed by atoms with Crippen LogP contribution in [0.4, 0.5) is 5.69 Å². The Hall–Kier alpha value is -2.29. The normalized spacial score (nSPS) is 11.9. The molecule has 110 valence electrons. The minimum atomic E-state index is 0.0710. The van der Waals surface area contributed by atoms with Gasteiger partial charge in [-0.25, -0.2) is 0 Å². The molecule has 0 bridgehead atoms. The van der Waals surface area contributed by atoms with E-state index in [2.05, 4.69) is 17.4 Å². The van der Waals surface area contributed by atoms with Crippen molar-refractivity contribution >= 4 is 11.6 Å². The van der Waals surface area contributed by atoms with Crippen LogP contribution >= 0.6 is 0 Å². The molecule has 0 saturated carbocycles. The van der Waals surface area contributed by atoms with Crippen molar-refractivity contribution in [2.45, 2.75) is 32.2 Å². The number of nitrogen functional groups attached to an aromatic ring is 1. The van der Waals surface area contributed by atoms with Crippen LogP contribution < -0.4 is 11.1 Å². The van der Waals surface area contributed by atoms with E-state index in [1.807, 2.05) is 49.4 Å². The molecule has 21 heavy (non-hydrogen) atoms. The molecule has 2 aromatic carbocycles. The molecule has 0 radical (unpaired) electrons. The van der Waals surface area contributed by atoms with Gasteiger partial charge in [0.15, 0.2) is 0 Å². The van der Waals surface area contributed by atoms with Crippen molar-refractivity contribution in [1.82, 2.24) is 5.32 Å². The largest absolute Gasteiger partial charge is 0.399 e. The number of hydrogen-bond acceptors (Lipinski definition) is 2. The number of anilines is 1. The van der Waals surface area contributed by atoms with Crippen LogP contribution in [0.15, 0.2) is 54.6 Å². The van der Waals surface area contributed by atoms with Crippen LogP contribution in [0.5, 0.6) is 0 Å². The summed E-state index contributed by atoms with van der Waals surface area (Å²) in [5.41, 5.74) is 8.90. The number of rotatable bonds is 6. The molecule has 0 heterocycles. The summed E-state index contributed by atoms with van der Waals surface area (Å²) in [7, 11) is 0. The first-order valence-electron chi connectivity index (χ1n) is 7.32. The van der Waals surface area contributed by atoms with Crippen LogP contribution in [0.2, 0.25) is 0 Å². The Bertz CT molecular complexity index is 581. The van der Waals surface area contributed by atoms with Crippen molar-refractivity contribution in [3.63, 3.8) is 0 Å². The topological polar surface area (TPSA) is 55.1 Å². The molecular weight excluding hydrogens is 260 g/mol. The number of para-hydroxylation sites is 1. The maximum absolute atomic E-state index is 12.0. The Morgan fingerprint density at radius 2 is 1.76 bits per heavy atom. The van der Waals surface area contributed by atoms with Crippen LogP contribution in [-0.2, 0) is 17.6 Å². The second kappa shape index (κ2) is 7.48. The zero-order valence-electron chi connectivity index (χ0n) is 12.4. The molecule has 2 aromatic rings. The third-order valence-corrected chi connectivity index (χ3v) is 3.47.